The molecule has 0 aliphatic carbocycles. The van der Waals surface area contributed by atoms with Crippen molar-refractivity contribution in [2.45, 2.75) is 18.7 Å². The van der Waals surface area contributed by atoms with Crippen molar-refractivity contribution in [1.82, 2.24) is 4.31 Å². The van der Waals surface area contributed by atoms with E-state index in [-0.39, 0.29) is 0 Å². The number of hydrogen-bond donors (Lipinski definition) is 0. The smallest absolute Gasteiger partial charge is 0.207 e. The molecule has 0 aliphatic rings. The van der Waals surface area contributed by atoms with Crippen LogP contribution in [0.5, 0.6) is 0 Å². The Morgan fingerprint density at radius 2 is 1.69 bits per heavy atom. The number of benzene rings is 1. The van der Waals surface area contributed by atoms with Crippen LogP contribution in [0.25, 0.3) is 6.08 Å². The molecular weight excluding hydrogens is 222 g/mol. The van der Waals surface area contributed by atoms with Crippen molar-refractivity contribution in [3.05, 3.63) is 36.4 Å². The summed E-state index contributed by atoms with van der Waals surface area (Å²) in [5, 5.41) is 0. The molecule has 0 saturated heterocycles. The molecule has 0 spiro atoms. The molecule has 1 aromatic carbocycles. The van der Waals surface area contributed by atoms with Gasteiger partial charge >= 0.3 is 0 Å². The SMILES string of the molecule is C=Cc1ccc(S(=O)(=O)N(CC)CC)cc1. The van der Waals surface area contributed by atoms with Gasteiger partial charge in [0.1, 0.15) is 0 Å². The third kappa shape index (κ3) is 2.51. The molecular formula is C12H17NO2S. The summed E-state index contributed by atoms with van der Waals surface area (Å²) >= 11 is 0. The van der Waals surface area contributed by atoms with Gasteiger partial charge in [-0.25, -0.2) is 8.42 Å². The zero-order valence-electron chi connectivity index (χ0n) is 9.68. The highest BCUT2D eigenvalue weighted by Gasteiger charge is 2.20. The number of rotatable bonds is 5. The lowest BCUT2D eigenvalue weighted by molar-refractivity contribution is 0.445. The Hall–Kier alpha value is -1.13. The van der Waals surface area contributed by atoms with E-state index < -0.39 is 10.0 Å². The third-order valence-electron chi connectivity index (χ3n) is 2.46. The van der Waals surface area contributed by atoms with Gasteiger partial charge in [-0.2, -0.15) is 4.31 Å². The van der Waals surface area contributed by atoms with Gasteiger partial charge in [0.15, 0.2) is 0 Å². The fourth-order valence-corrected chi connectivity index (χ4v) is 2.95. The van der Waals surface area contributed by atoms with Crippen LogP contribution < -0.4 is 0 Å². The van der Waals surface area contributed by atoms with Crippen LogP contribution in [-0.4, -0.2) is 25.8 Å². The fourth-order valence-electron chi connectivity index (χ4n) is 1.49. The normalized spacial score (nSPS) is 11.7. The van der Waals surface area contributed by atoms with E-state index >= 15 is 0 Å². The molecule has 0 atom stereocenters. The molecule has 1 aromatic rings. The maximum Gasteiger partial charge on any atom is 0.243 e. The van der Waals surface area contributed by atoms with Crippen molar-refractivity contribution in [2.24, 2.45) is 0 Å². The second kappa shape index (κ2) is 5.27. The Kier molecular flexibility index (Phi) is 4.26. The average Bonchev–Trinajstić information content (AvgIpc) is 2.30. The summed E-state index contributed by atoms with van der Waals surface area (Å²) in [6, 6.07) is 6.74. The van der Waals surface area contributed by atoms with Gasteiger partial charge in [-0.3, -0.25) is 0 Å². The molecule has 16 heavy (non-hydrogen) atoms. The van der Waals surface area contributed by atoms with Crippen molar-refractivity contribution >= 4 is 16.1 Å². The molecule has 0 unspecified atom stereocenters. The first-order valence-corrected chi connectivity index (χ1v) is 6.73. The molecule has 0 bridgehead atoms. The lowest BCUT2D eigenvalue weighted by atomic mass is 10.2. The standard InChI is InChI=1S/C12H17NO2S/c1-4-11-7-9-12(10-8-11)16(14,15)13(5-2)6-3/h4,7-10H,1,5-6H2,2-3H3. The predicted molar refractivity (Wildman–Crippen MR) is 66.6 cm³/mol. The van der Waals surface area contributed by atoms with Gasteiger partial charge in [0, 0.05) is 13.1 Å². The molecule has 0 fully saturated rings. The van der Waals surface area contributed by atoms with Crippen molar-refractivity contribution in [2.75, 3.05) is 13.1 Å². The van der Waals surface area contributed by atoms with Gasteiger partial charge in [0.2, 0.25) is 10.0 Å². The van der Waals surface area contributed by atoms with Crippen LogP contribution in [0.2, 0.25) is 0 Å². The molecule has 3 nitrogen and oxygen atoms in total. The number of sulfonamides is 1. The summed E-state index contributed by atoms with van der Waals surface area (Å²) in [6.07, 6.45) is 1.69. The average molecular weight is 239 g/mol. The number of hydrogen-bond acceptors (Lipinski definition) is 2. The Bertz CT molecular complexity index is 444. The first-order chi connectivity index (χ1) is 7.56. The first-order valence-electron chi connectivity index (χ1n) is 5.28. The topological polar surface area (TPSA) is 37.4 Å². The van der Waals surface area contributed by atoms with Crippen LogP contribution in [0, 0.1) is 0 Å². The summed E-state index contributed by atoms with van der Waals surface area (Å²) in [6.45, 7) is 8.27. The molecule has 0 N–H and O–H groups in total. The molecule has 0 radical (unpaired) electrons. The van der Waals surface area contributed by atoms with Crippen LogP contribution in [0.1, 0.15) is 19.4 Å². The zero-order chi connectivity index (χ0) is 12.2. The van der Waals surface area contributed by atoms with E-state index in [1.54, 1.807) is 30.3 Å². The quantitative estimate of drug-likeness (QED) is 0.791. The van der Waals surface area contributed by atoms with Crippen LogP contribution in [-0.2, 0) is 10.0 Å². The highest BCUT2D eigenvalue weighted by atomic mass is 32.2. The van der Waals surface area contributed by atoms with E-state index in [0.29, 0.717) is 18.0 Å². The Labute approximate surface area is 97.5 Å². The highest BCUT2D eigenvalue weighted by Crippen LogP contribution is 2.16. The molecule has 0 amide bonds. The minimum Gasteiger partial charge on any atom is -0.207 e. The summed E-state index contributed by atoms with van der Waals surface area (Å²) in [7, 11) is -3.33. The van der Waals surface area contributed by atoms with Crippen molar-refractivity contribution in [1.29, 1.82) is 0 Å². The van der Waals surface area contributed by atoms with Crippen LogP contribution in [0.3, 0.4) is 0 Å². The Morgan fingerprint density at radius 1 is 1.19 bits per heavy atom. The fraction of sp³-hybridized carbons (Fsp3) is 0.333. The largest absolute Gasteiger partial charge is 0.243 e. The van der Waals surface area contributed by atoms with E-state index in [0.717, 1.165) is 5.56 Å². The minimum absolute atomic E-state index is 0.335. The summed E-state index contributed by atoms with van der Waals surface area (Å²) in [5.74, 6) is 0. The molecule has 0 aromatic heterocycles. The van der Waals surface area contributed by atoms with Crippen LogP contribution in [0.4, 0.5) is 0 Å². The van der Waals surface area contributed by atoms with Crippen LogP contribution in [0.15, 0.2) is 35.7 Å². The van der Waals surface area contributed by atoms with Gasteiger partial charge in [-0.05, 0) is 17.7 Å². The minimum atomic E-state index is -3.33. The lowest BCUT2D eigenvalue weighted by Gasteiger charge is -2.18. The second-order valence-electron chi connectivity index (χ2n) is 3.36. The van der Waals surface area contributed by atoms with Crippen molar-refractivity contribution < 1.29 is 8.42 Å². The van der Waals surface area contributed by atoms with E-state index in [9.17, 15) is 8.42 Å². The van der Waals surface area contributed by atoms with E-state index in [1.165, 1.54) is 4.31 Å². The molecule has 1 rings (SSSR count). The molecule has 88 valence electrons. The summed E-state index contributed by atoms with van der Waals surface area (Å²) in [5.41, 5.74) is 0.915. The van der Waals surface area contributed by atoms with Crippen molar-refractivity contribution in [3.8, 4) is 0 Å². The highest BCUT2D eigenvalue weighted by molar-refractivity contribution is 7.89. The van der Waals surface area contributed by atoms with Gasteiger partial charge in [-0.1, -0.05) is 38.6 Å². The van der Waals surface area contributed by atoms with E-state index in [1.807, 2.05) is 13.8 Å². The first kappa shape index (κ1) is 12.9. The Morgan fingerprint density at radius 3 is 2.06 bits per heavy atom. The molecule has 4 heteroatoms. The van der Waals surface area contributed by atoms with E-state index in [4.69, 9.17) is 0 Å². The molecule has 0 saturated carbocycles. The van der Waals surface area contributed by atoms with Gasteiger partial charge in [-0.15, -0.1) is 0 Å². The maximum atomic E-state index is 12.1. The monoisotopic (exact) mass is 239 g/mol. The summed E-state index contributed by atoms with van der Waals surface area (Å²) in [4.78, 5) is 0.335. The predicted octanol–water partition coefficient (Wildman–Crippen LogP) is 2.36. The van der Waals surface area contributed by atoms with E-state index in [2.05, 4.69) is 6.58 Å². The van der Waals surface area contributed by atoms with Crippen molar-refractivity contribution in [3.63, 3.8) is 0 Å². The maximum absolute atomic E-state index is 12.1. The lowest BCUT2D eigenvalue weighted by Crippen LogP contribution is -2.30. The third-order valence-corrected chi connectivity index (χ3v) is 4.52. The molecule has 0 heterocycles. The zero-order valence-corrected chi connectivity index (χ0v) is 10.5. The molecule has 0 aliphatic heterocycles. The second-order valence-corrected chi connectivity index (χ2v) is 5.30. The number of nitrogens with zero attached hydrogens (tertiary/aromatic N) is 1. The Balaban J connectivity index is 3.11. The van der Waals surface area contributed by atoms with Gasteiger partial charge in [0.05, 0.1) is 4.90 Å². The summed E-state index contributed by atoms with van der Waals surface area (Å²) < 4.78 is 25.6. The van der Waals surface area contributed by atoms with Crippen LogP contribution >= 0.6 is 0 Å². The van der Waals surface area contributed by atoms with Gasteiger partial charge < -0.3 is 0 Å². The van der Waals surface area contributed by atoms with Gasteiger partial charge in [0.25, 0.3) is 0 Å².